The molecular formula is C14H21NO4. The van der Waals surface area contributed by atoms with Crippen LogP contribution in [0.25, 0.3) is 0 Å². The minimum atomic E-state index is -0.557. The predicted octanol–water partition coefficient (Wildman–Crippen LogP) is 1.36. The third-order valence-electron chi connectivity index (χ3n) is 5.10. The van der Waals surface area contributed by atoms with E-state index >= 15 is 0 Å². The number of esters is 1. The fourth-order valence-corrected chi connectivity index (χ4v) is 3.39. The van der Waals surface area contributed by atoms with Gasteiger partial charge < -0.3 is 4.74 Å². The van der Waals surface area contributed by atoms with Gasteiger partial charge in [-0.1, -0.05) is 20.8 Å². The Labute approximate surface area is 113 Å². The van der Waals surface area contributed by atoms with E-state index in [1.807, 2.05) is 20.8 Å². The summed E-state index contributed by atoms with van der Waals surface area (Å²) in [5.74, 6) is -1.15. The van der Waals surface area contributed by atoms with Gasteiger partial charge in [0.25, 0.3) is 0 Å². The molecule has 0 aromatic heterocycles. The van der Waals surface area contributed by atoms with Crippen molar-refractivity contribution in [1.29, 1.82) is 0 Å². The Bertz CT molecular complexity index is 443. The molecule has 2 bridgehead atoms. The second-order valence-electron chi connectivity index (χ2n) is 6.18. The van der Waals surface area contributed by atoms with Gasteiger partial charge in [-0.25, -0.2) is 0 Å². The second kappa shape index (κ2) is 4.32. The maximum atomic E-state index is 12.6. The molecule has 2 amide bonds. The first-order valence-electron chi connectivity index (χ1n) is 6.77. The predicted molar refractivity (Wildman–Crippen MR) is 68.0 cm³/mol. The molecule has 1 saturated heterocycles. The molecule has 5 heteroatoms. The molecule has 2 rings (SSSR count). The molecule has 2 aliphatic rings. The molecule has 0 unspecified atom stereocenters. The lowest BCUT2D eigenvalue weighted by Crippen LogP contribution is -2.60. The molecule has 106 valence electrons. The number of hydrogen-bond acceptors (Lipinski definition) is 4. The van der Waals surface area contributed by atoms with Gasteiger partial charge in [-0.3, -0.25) is 19.3 Å². The third kappa shape index (κ3) is 1.78. The van der Waals surface area contributed by atoms with Gasteiger partial charge in [0, 0.05) is 5.92 Å². The summed E-state index contributed by atoms with van der Waals surface area (Å²) in [6.45, 7) is 7.55. The number of piperidine rings is 1. The molecule has 2 fully saturated rings. The maximum Gasteiger partial charge on any atom is 0.326 e. The number of amides is 2. The van der Waals surface area contributed by atoms with E-state index in [1.54, 1.807) is 6.92 Å². The molecule has 19 heavy (non-hydrogen) atoms. The van der Waals surface area contributed by atoms with Gasteiger partial charge in [0.05, 0.1) is 12.0 Å². The minimum Gasteiger partial charge on any atom is -0.465 e. The smallest absolute Gasteiger partial charge is 0.326 e. The van der Waals surface area contributed by atoms with Gasteiger partial charge in [0.2, 0.25) is 11.8 Å². The number of fused-ring (bicyclic) bond motifs is 2. The number of nitrogens with zero attached hydrogens (tertiary/aromatic N) is 1. The summed E-state index contributed by atoms with van der Waals surface area (Å²) in [4.78, 5) is 37.6. The van der Waals surface area contributed by atoms with E-state index < -0.39 is 11.4 Å². The Morgan fingerprint density at radius 2 is 2.00 bits per heavy atom. The summed E-state index contributed by atoms with van der Waals surface area (Å²) >= 11 is 0. The molecule has 1 heterocycles. The van der Waals surface area contributed by atoms with Crippen LogP contribution in [0.1, 0.15) is 40.5 Å². The molecule has 1 aliphatic heterocycles. The van der Waals surface area contributed by atoms with Crippen LogP contribution >= 0.6 is 0 Å². The number of rotatable bonds is 3. The highest BCUT2D eigenvalue weighted by molar-refractivity contribution is 6.05. The second-order valence-corrected chi connectivity index (χ2v) is 6.18. The third-order valence-corrected chi connectivity index (χ3v) is 5.10. The first kappa shape index (κ1) is 14.0. The molecule has 0 N–H and O–H groups in total. The molecule has 1 saturated carbocycles. The minimum absolute atomic E-state index is 0.176. The molecule has 1 aliphatic carbocycles. The quantitative estimate of drug-likeness (QED) is 0.572. The lowest BCUT2D eigenvalue weighted by Gasteiger charge is -2.47. The van der Waals surface area contributed by atoms with Crippen molar-refractivity contribution in [2.75, 3.05) is 13.2 Å². The van der Waals surface area contributed by atoms with Crippen molar-refractivity contribution in [1.82, 2.24) is 4.90 Å². The van der Waals surface area contributed by atoms with Gasteiger partial charge in [-0.05, 0) is 25.2 Å². The van der Waals surface area contributed by atoms with E-state index in [0.717, 1.165) is 4.90 Å². The van der Waals surface area contributed by atoms with Gasteiger partial charge in [0.15, 0.2) is 0 Å². The first-order valence-corrected chi connectivity index (χ1v) is 6.77. The molecule has 5 nitrogen and oxygen atoms in total. The summed E-state index contributed by atoms with van der Waals surface area (Å²) in [6.07, 6.45) is 1.42. The van der Waals surface area contributed by atoms with Crippen molar-refractivity contribution in [3.8, 4) is 0 Å². The van der Waals surface area contributed by atoms with Crippen LogP contribution in [0.5, 0.6) is 0 Å². The number of ether oxygens (including phenoxy) is 1. The summed E-state index contributed by atoms with van der Waals surface area (Å²) in [5.41, 5.74) is -0.898. The fraction of sp³-hybridized carbons (Fsp3) is 0.786. The van der Waals surface area contributed by atoms with E-state index in [4.69, 9.17) is 4.74 Å². The molecular weight excluding hydrogens is 246 g/mol. The zero-order valence-electron chi connectivity index (χ0n) is 12.0. The Morgan fingerprint density at radius 3 is 2.58 bits per heavy atom. The normalized spacial score (nSPS) is 32.6. The van der Waals surface area contributed by atoms with Gasteiger partial charge >= 0.3 is 5.97 Å². The van der Waals surface area contributed by atoms with E-state index in [2.05, 4.69) is 0 Å². The molecule has 0 radical (unpaired) electrons. The van der Waals surface area contributed by atoms with E-state index in [-0.39, 0.29) is 36.3 Å². The van der Waals surface area contributed by atoms with Gasteiger partial charge in [-0.15, -0.1) is 0 Å². The highest BCUT2D eigenvalue weighted by Crippen LogP contribution is 2.59. The van der Waals surface area contributed by atoms with Crippen LogP contribution in [-0.2, 0) is 19.1 Å². The average Bonchev–Trinajstić information content (AvgIpc) is 2.51. The first-order chi connectivity index (χ1) is 8.75. The maximum absolute atomic E-state index is 12.6. The number of likely N-dealkylation sites (tertiary alicyclic amines) is 1. The van der Waals surface area contributed by atoms with Crippen LogP contribution in [0.3, 0.4) is 0 Å². The molecule has 2 atom stereocenters. The van der Waals surface area contributed by atoms with Crippen LogP contribution in [0.15, 0.2) is 0 Å². The van der Waals surface area contributed by atoms with Crippen molar-refractivity contribution in [2.45, 2.75) is 40.5 Å². The Hall–Kier alpha value is -1.39. The Morgan fingerprint density at radius 1 is 1.37 bits per heavy atom. The summed E-state index contributed by atoms with van der Waals surface area (Å²) in [6, 6.07) is 0. The number of hydrogen-bond donors (Lipinski definition) is 0. The van der Waals surface area contributed by atoms with E-state index in [1.165, 1.54) is 0 Å². The van der Waals surface area contributed by atoms with Crippen molar-refractivity contribution >= 4 is 17.8 Å². The highest BCUT2D eigenvalue weighted by Gasteiger charge is 2.64. The van der Waals surface area contributed by atoms with Gasteiger partial charge in [0.1, 0.15) is 6.54 Å². The Kier molecular flexibility index (Phi) is 3.19. The van der Waals surface area contributed by atoms with E-state index in [9.17, 15) is 14.4 Å². The molecule has 0 aromatic rings. The van der Waals surface area contributed by atoms with Crippen molar-refractivity contribution in [3.63, 3.8) is 0 Å². The van der Waals surface area contributed by atoms with Crippen LogP contribution in [0.4, 0.5) is 0 Å². The van der Waals surface area contributed by atoms with Crippen LogP contribution in [-0.4, -0.2) is 35.8 Å². The standard InChI is InChI=1S/C14H21NO4/c1-5-19-10(16)8-15-11(17)9-6-7-14(4,12(15)18)13(9,2)3/h9H,5-8H2,1-4H3/t9-,14+/m0/s1. The average molecular weight is 267 g/mol. The zero-order chi connectivity index (χ0) is 14.4. The lowest BCUT2D eigenvalue weighted by atomic mass is 9.62. The van der Waals surface area contributed by atoms with Gasteiger partial charge in [-0.2, -0.15) is 0 Å². The van der Waals surface area contributed by atoms with Crippen molar-refractivity contribution in [3.05, 3.63) is 0 Å². The summed E-state index contributed by atoms with van der Waals surface area (Å²) in [5, 5.41) is 0. The van der Waals surface area contributed by atoms with E-state index in [0.29, 0.717) is 12.8 Å². The SMILES string of the molecule is CCOC(=O)CN1C(=O)[C@@H]2CC[C@](C)(C1=O)C2(C)C. The van der Waals surface area contributed by atoms with Crippen molar-refractivity contribution in [2.24, 2.45) is 16.7 Å². The fourth-order valence-electron chi connectivity index (χ4n) is 3.39. The number of carbonyl (C=O) groups excluding carboxylic acids is 3. The monoisotopic (exact) mass is 267 g/mol. The highest BCUT2D eigenvalue weighted by atomic mass is 16.5. The van der Waals surface area contributed by atoms with Crippen LogP contribution in [0, 0.1) is 16.7 Å². The van der Waals surface area contributed by atoms with Crippen LogP contribution in [0.2, 0.25) is 0 Å². The topological polar surface area (TPSA) is 63.7 Å². The van der Waals surface area contributed by atoms with Crippen LogP contribution < -0.4 is 0 Å². The summed E-state index contributed by atoms with van der Waals surface area (Å²) < 4.78 is 4.83. The molecule has 0 aromatic carbocycles. The largest absolute Gasteiger partial charge is 0.465 e. The number of carbonyl (C=O) groups is 3. The Balaban J connectivity index is 2.28. The molecule has 0 spiro atoms. The summed E-state index contributed by atoms with van der Waals surface area (Å²) in [7, 11) is 0. The number of imide groups is 1. The van der Waals surface area contributed by atoms with Crippen molar-refractivity contribution < 1.29 is 19.1 Å². The lowest BCUT2D eigenvalue weighted by molar-refractivity contribution is -0.172. The zero-order valence-corrected chi connectivity index (χ0v) is 12.0.